The lowest BCUT2D eigenvalue weighted by Gasteiger charge is -2.25. The highest BCUT2D eigenvalue weighted by Crippen LogP contribution is 2.39. The minimum Gasteiger partial charge on any atom is -0.347 e. The van der Waals surface area contributed by atoms with Crippen molar-refractivity contribution in [1.82, 2.24) is 5.32 Å². The molecule has 2 heterocycles. The summed E-state index contributed by atoms with van der Waals surface area (Å²) in [5.74, 6) is 0.696. The summed E-state index contributed by atoms with van der Waals surface area (Å²) in [5, 5.41) is 4.71. The molecule has 0 saturated carbocycles. The fourth-order valence-electron chi connectivity index (χ4n) is 2.82. The molecule has 4 nitrogen and oxygen atoms in total. The second kappa shape index (κ2) is 7.29. The molecule has 2 atom stereocenters. The van der Waals surface area contributed by atoms with Crippen LogP contribution in [0.2, 0.25) is 0 Å². The number of thioether (sulfide) groups is 1. The normalized spacial score (nSPS) is 18.6. The molecule has 0 unspecified atom stereocenters. The molecular weight excluding hydrogens is 362 g/mol. The number of hydrogen-bond donors (Lipinski definition) is 1. The van der Waals surface area contributed by atoms with Crippen LogP contribution in [0.25, 0.3) is 0 Å². The molecule has 1 aromatic heterocycles. The first kappa shape index (κ1) is 17.5. The molecule has 7 heteroatoms. The van der Waals surface area contributed by atoms with Gasteiger partial charge in [-0.05, 0) is 34.7 Å². The fraction of sp³-hybridized carbons (Fsp3) is 0.353. The predicted molar refractivity (Wildman–Crippen MR) is 100 cm³/mol. The van der Waals surface area contributed by atoms with Crippen LogP contribution in [0, 0.1) is 0 Å². The van der Waals surface area contributed by atoms with Gasteiger partial charge < -0.3 is 5.32 Å². The summed E-state index contributed by atoms with van der Waals surface area (Å²) in [4.78, 5) is 14.1. The van der Waals surface area contributed by atoms with E-state index in [0.29, 0.717) is 0 Å². The molecule has 1 amide bonds. The molecule has 1 N–H and O–H groups in total. The van der Waals surface area contributed by atoms with Gasteiger partial charge in [0.2, 0.25) is 5.91 Å². The number of rotatable bonds is 5. The Labute approximate surface area is 150 Å². The van der Waals surface area contributed by atoms with Crippen LogP contribution in [0.5, 0.6) is 0 Å². The van der Waals surface area contributed by atoms with Crippen LogP contribution in [-0.2, 0) is 21.1 Å². The fourth-order valence-corrected chi connectivity index (χ4v) is 6.00. The second-order valence-electron chi connectivity index (χ2n) is 5.86. The van der Waals surface area contributed by atoms with E-state index in [2.05, 4.69) is 5.32 Å². The first-order valence-corrected chi connectivity index (χ1v) is 11.6. The summed E-state index contributed by atoms with van der Waals surface area (Å²) in [6.45, 7) is 0. The summed E-state index contributed by atoms with van der Waals surface area (Å²) >= 11 is 3.30. The van der Waals surface area contributed by atoms with Crippen LogP contribution < -0.4 is 5.32 Å². The van der Waals surface area contributed by atoms with Crippen molar-refractivity contribution in [2.75, 3.05) is 17.8 Å². The lowest BCUT2D eigenvalue weighted by molar-refractivity contribution is -0.121. The highest BCUT2D eigenvalue weighted by molar-refractivity contribution is 8.00. The van der Waals surface area contributed by atoms with E-state index in [-0.39, 0.29) is 16.9 Å². The van der Waals surface area contributed by atoms with Crippen LogP contribution >= 0.6 is 23.1 Å². The number of thiophene rings is 1. The maximum atomic E-state index is 12.8. The first-order chi connectivity index (χ1) is 11.4. The molecule has 0 radical (unpaired) electrons. The van der Waals surface area contributed by atoms with E-state index in [4.69, 9.17) is 0 Å². The lowest BCUT2D eigenvalue weighted by Crippen LogP contribution is -2.36. The van der Waals surface area contributed by atoms with E-state index >= 15 is 0 Å². The average Bonchev–Trinajstić information content (AvgIpc) is 3.02. The van der Waals surface area contributed by atoms with Crippen molar-refractivity contribution >= 4 is 38.8 Å². The van der Waals surface area contributed by atoms with E-state index in [1.54, 1.807) is 23.1 Å². The van der Waals surface area contributed by atoms with E-state index in [0.717, 1.165) is 23.3 Å². The van der Waals surface area contributed by atoms with Gasteiger partial charge in [0.15, 0.2) is 0 Å². The maximum absolute atomic E-state index is 12.8. The van der Waals surface area contributed by atoms with Gasteiger partial charge in [-0.3, -0.25) is 4.79 Å². The third kappa shape index (κ3) is 4.20. The Bertz CT molecular complexity index is 815. The Kier molecular flexibility index (Phi) is 5.32. The van der Waals surface area contributed by atoms with Gasteiger partial charge in [-0.1, -0.05) is 30.3 Å². The van der Waals surface area contributed by atoms with Gasteiger partial charge in [0.25, 0.3) is 0 Å². The summed E-state index contributed by atoms with van der Waals surface area (Å²) in [6.07, 6.45) is 2.19. The van der Waals surface area contributed by atoms with Gasteiger partial charge in [-0.25, -0.2) is 8.42 Å². The molecule has 1 aliphatic heterocycles. The van der Waals surface area contributed by atoms with Crippen molar-refractivity contribution in [2.45, 2.75) is 17.7 Å². The van der Waals surface area contributed by atoms with E-state index in [9.17, 15) is 13.2 Å². The number of fused-ring (bicyclic) bond motifs is 1. The van der Waals surface area contributed by atoms with Crippen LogP contribution in [0.3, 0.4) is 0 Å². The number of nitrogens with one attached hydrogen (secondary N) is 1. The van der Waals surface area contributed by atoms with E-state index in [1.807, 2.05) is 41.8 Å². The molecule has 1 aliphatic rings. The predicted octanol–water partition coefficient (Wildman–Crippen LogP) is 2.98. The highest BCUT2D eigenvalue weighted by Gasteiger charge is 2.30. The molecule has 3 rings (SSSR count). The van der Waals surface area contributed by atoms with Crippen molar-refractivity contribution in [3.8, 4) is 0 Å². The Balaban J connectivity index is 1.82. The van der Waals surface area contributed by atoms with Gasteiger partial charge in [0.05, 0.1) is 11.8 Å². The molecule has 0 bridgehead atoms. The topological polar surface area (TPSA) is 63.2 Å². The number of carbonyl (C=O) groups is 1. The molecule has 1 aromatic carbocycles. The third-order valence-corrected chi connectivity index (χ3v) is 7.08. The Morgan fingerprint density at radius 3 is 2.75 bits per heavy atom. The number of amides is 1. The zero-order valence-electron chi connectivity index (χ0n) is 13.3. The molecule has 0 saturated heterocycles. The Morgan fingerprint density at radius 2 is 2.04 bits per heavy atom. The largest absolute Gasteiger partial charge is 0.347 e. The van der Waals surface area contributed by atoms with Gasteiger partial charge in [-0.15, -0.1) is 23.1 Å². The van der Waals surface area contributed by atoms with Gasteiger partial charge in [0.1, 0.15) is 15.1 Å². The molecule has 128 valence electrons. The van der Waals surface area contributed by atoms with Crippen LogP contribution in [-0.4, -0.2) is 32.1 Å². The van der Waals surface area contributed by atoms with Crippen LogP contribution in [0.1, 0.15) is 27.3 Å². The Hall–Kier alpha value is -1.31. The van der Waals surface area contributed by atoms with Crippen LogP contribution in [0.15, 0.2) is 41.8 Å². The van der Waals surface area contributed by atoms with E-state index < -0.39 is 15.9 Å². The molecule has 0 spiro atoms. The Morgan fingerprint density at radius 1 is 1.29 bits per heavy atom. The smallest absolute Gasteiger partial charge is 0.238 e. The summed E-state index contributed by atoms with van der Waals surface area (Å²) in [7, 11) is -3.22. The molecular formula is C17H19NO3S3. The first-order valence-electron chi connectivity index (χ1n) is 7.65. The van der Waals surface area contributed by atoms with Gasteiger partial charge in [0, 0.05) is 11.1 Å². The number of benzene rings is 1. The third-order valence-electron chi connectivity index (χ3n) is 3.90. The SMILES string of the molecule is CS(=O)(=O)C[C@H](NC(=O)[C@@H]1SCCc2sccc21)c1ccccc1. The number of carbonyl (C=O) groups excluding carboxylic acids is 1. The molecule has 0 aliphatic carbocycles. The van der Waals surface area contributed by atoms with E-state index in [1.165, 1.54) is 11.1 Å². The minimum atomic E-state index is -3.22. The molecule has 2 aromatic rings. The second-order valence-corrected chi connectivity index (χ2v) is 10.3. The number of aryl methyl sites for hydroxylation is 1. The van der Waals surface area contributed by atoms with Crippen molar-refractivity contribution in [3.63, 3.8) is 0 Å². The average molecular weight is 382 g/mol. The maximum Gasteiger partial charge on any atom is 0.238 e. The van der Waals surface area contributed by atoms with Gasteiger partial charge in [-0.2, -0.15) is 0 Å². The van der Waals surface area contributed by atoms with Crippen molar-refractivity contribution in [2.24, 2.45) is 0 Å². The molecule has 0 fully saturated rings. The zero-order valence-corrected chi connectivity index (χ0v) is 15.7. The van der Waals surface area contributed by atoms with Gasteiger partial charge >= 0.3 is 0 Å². The lowest BCUT2D eigenvalue weighted by atomic mass is 10.1. The monoisotopic (exact) mass is 381 g/mol. The summed E-state index contributed by atoms with van der Waals surface area (Å²) < 4.78 is 23.5. The zero-order chi connectivity index (χ0) is 17.2. The minimum absolute atomic E-state index is 0.101. The van der Waals surface area contributed by atoms with Crippen LogP contribution in [0.4, 0.5) is 0 Å². The molecule has 24 heavy (non-hydrogen) atoms. The highest BCUT2D eigenvalue weighted by atomic mass is 32.2. The number of hydrogen-bond acceptors (Lipinski definition) is 5. The van der Waals surface area contributed by atoms with Crippen molar-refractivity contribution in [3.05, 3.63) is 57.8 Å². The quantitative estimate of drug-likeness (QED) is 0.865. The van der Waals surface area contributed by atoms with Crippen molar-refractivity contribution < 1.29 is 13.2 Å². The summed E-state index contributed by atoms with van der Waals surface area (Å²) in [6, 6.07) is 10.7. The summed E-state index contributed by atoms with van der Waals surface area (Å²) in [5.41, 5.74) is 1.88. The number of sulfone groups is 1. The van der Waals surface area contributed by atoms with Crippen molar-refractivity contribution in [1.29, 1.82) is 0 Å². The standard InChI is InChI=1S/C17H19NO3S3/c1-24(20,21)11-14(12-5-3-2-4-6-12)18-17(19)16-13-7-9-22-15(13)8-10-23-16/h2-7,9,14,16H,8,10-11H2,1H3,(H,18,19)/t14-,16+/m0/s1.